The number of pyridine rings is 1. The third kappa shape index (κ3) is 3.67. The second-order valence-corrected chi connectivity index (χ2v) is 6.79. The fourth-order valence-corrected chi connectivity index (χ4v) is 3.16. The number of benzene rings is 2. The lowest BCUT2D eigenvalue weighted by molar-refractivity contribution is 0.0997. The Labute approximate surface area is 175 Å². The molecule has 150 valence electrons. The van der Waals surface area contributed by atoms with Gasteiger partial charge in [0.2, 0.25) is 5.89 Å². The molecule has 0 saturated heterocycles. The van der Waals surface area contributed by atoms with Crippen molar-refractivity contribution < 1.29 is 18.0 Å². The highest BCUT2D eigenvalue weighted by molar-refractivity contribution is 6.39. The van der Waals surface area contributed by atoms with Gasteiger partial charge < -0.3 is 4.42 Å². The van der Waals surface area contributed by atoms with Crippen LogP contribution in [0.25, 0.3) is 22.7 Å². The molecule has 0 atom stereocenters. The lowest BCUT2D eigenvalue weighted by Crippen LogP contribution is -2.23. The minimum atomic E-state index is -1.02. The summed E-state index contributed by atoms with van der Waals surface area (Å²) in [5.41, 5.74) is 2.66. The average molecular weight is 426 g/mol. The van der Waals surface area contributed by atoms with E-state index in [0.29, 0.717) is 16.0 Å². The van der Waals surface area contributed by atoms with Crippen molar-refractivity contribution in [3.05, 3.63) is 89.9 Å². The van der Waals surface area contributed by atoms with Gasteiger partial charge in [0.05, 0.1) is 23.8 Å². The molecule has 0 fully saturated rings. The minimum absolute atomic E-state index is 0.176. The topological polar surface area (TPSA) is 59.2 Å². The zero-order valence-electron chi connectivity index (χ0n) is 15.6. The molecule has 2 aromatic heterocycles. The first kappa shape index (κ1) is 19.7. The van der Waals surface area contributed by atoms with Crippen LogP contribution in [0.1, 0.15) is 15.9 Å². The number of amides is 1. The Balaban J connectivity index is 1.63. The van der Waals surface area contributed by atoms with Gasteiger partial charge in [-0.2, -0.15) is 0 Å². The van der Waals surface area contributed by atoms with Crippen molar-refractivity contribution in [3.8, 4) is 22.7 Å². The zero-order chi connectivity index (χ0) is 21.3. The summed E-state index contributed by atoms with van der Waals surface area (Å²) in [7, 11) is 0. The van der Waals surface area contributed by atoms with E-state index in [4.69, 9.17) is 16.2 Å². The second kappa shape index (κ2) is 8.04. The molecule has 8 heteroatoms. The van der Waals surface area contributed by atoms with Crippen molar-refractivity contribution in [2.24, 2.45) is 0 Å². The van der Waals surface area contributed by atoms with Crippen LogP contribution in [0.5, 0.6) is 0 Å². The number of aryl methyl sites for hydroxylation is 1. The average Bonchev–Trinajstić information content (AvgIpc) is 3.28. The number of hydrogen-bond donors (Lipinski definition) is 0. The molecule has 0 bridgehead atoms. The van der Waals surface area contributed by atoms with E-state index in [1.807, 2.05) is 25.1 Å². The summed E-state index contributed by atoms with van der Waals surface area (Å²) in [4.78, 5) is 20.9. The van der Waals surface area contributed by atoms with Crippen molar-refractivity contribution in [1.29, 1.82) is 0 Å². The Morgan fingerprint density at radius 1 is 1.07 bits per heavy atom. The van der Waals surface area contributed by atoms with Crippen LogP contribution in [0, 0.1) is 18.6 Å². The van der Waals surface area contributed by atoms with Gasteiger partial charge in [-0.15, -0.1) is 0 Å². The van der Waals surface area contributed by atoms with E-state index in [-0.39, 0.29) is 5.69 Å². The third-order valence-corrected chi connectivity index (χ3v) is 4.87. The highest BCUT2D eigenvalue weighted by Crippen LogP contribution is 2.29. The van der Waals surface area contributed by atoms with Gasteiger partial charge in [0.1, 0.15) is 23.5 Å². The van der Waals surface area contributed by atoms with E-state index >= 15 is 0 Å². The molecule has 0 spiro atoms. The normalized spacial score (nSPS) is 10.8. The summed E-state index contributed by atoms with van der Waals surface area (Å²) in [6.45, 7) is 1.93. The maximum absolute atomic E-state index is 13.9. The first-order chi connectivity index (χ1) is 14.5. The van der Waals surface area contributed by atoms with Crippen LogP contribution < -0.4 is 4.42 Å². The fraction of sp³-hybridized carbons (Fsp3) is 0.0455. The van der Waals surface area contributed by atoms with Gasteiger partial charge >= 0.3 is 0 Å². The molecule has 30 heavy (non-hydrogen) atoms. The van der Waals surface area contributed by atoms with E-state index in [1.165, 1.54) is 18.5 Å². The number of anilines is 1. The van der Waals surface area contributed by atoms with Gasteiger partial charge in [-0.1, -0.05) is 12.1 Å². The van der Waals surface area contributed by atoms with Crippen LogP contribution >= 0.6 is 11.8 Å². The Morgan fingerprint density at radius 3 is 2.47 bits per heavy atom. The Bertz CT molecular complexity index is 1190. The van der Waals surface area contributed by atoms with Crippen LogP contribution in [0.2, 0.25) is 0 Å². The highest BCUT2D eigenvalue weighted by Gasteiger charge is 2.23. The van der Waals surface area contributed by atoms with E-state index < -0.39 is 23.1 Å². The molecule has 0 aliphatic heterocycles. The number of halogens is 3. The second-order valence-electron chi connectivity index (χ2n) is 6.45. The van der Waals surface area contributed by atoms with Crippen molar-refractivity contribution in [1.82, 2.24) is 9.97 Å². The molecule has 2 heterocycles. The Kier molecular flexibility index (Phi) is 5.29. The third-order valence-electron chi connectivity index (χ3n) is 4.52. The van der Waals surface area contributed by atoms with Gasteiger partial charge in [-0.05, 0) is 48.9 Å². The summed E-state index contributed by atoms with van der Waals surface area (Å²) in [6, 6.07) is 12.1. The Morgan fingerprint density at radius 2 is 1.83 bits per heavy atom. The van der Waals surface area contributed by atoms with Crippen molar-refractivity contribution >= 4 is 23.4 Å². The number of carbonyl (C=O) groups is 1. The summed E-state index contributed by atoms with van der Waals surface area (Å²) in [5, 5.41) is 0. The SMILES string of the molecule is Cc1ccc(-c2ncco2)cc1-c1ccc(N(Cl)C(=O)c2c(F)cccc2F)cn1. The maximum Gasteiger partial charge on any atom is 0.278 e. The number of nitrogens with zero attached hydrogens (tertiary/aromatic N) is 3. The minimum Gasteiger partial charge on any atom is -0.445 e. The van der Waals surface area contributed by atoms with Gasteiger partial charge in [-0.25, -0.2) is 18.2 Å². The molecule has 1 amide bonds. The highest BCUT2D eigenvalue weighted by atomic mass is 35.5. The smallest absolute Gasteiger partial charge is 0.278 e. The van der Waals surface area contributed by atoms with Gasteiger partial charge in [0.25, 0.3) is 5.91 Å². The molecule has 0 saturated carbocycles. The number of rotatable bonds is 4. The molecule has 4 aromatic rings. The summed E-state index contributed by atoms with van der Waals surface area (Å²) in [6.07, 6.45) is 4.41. The number of aromatic nitrogens is 2. The van der Waals surface area contributed by atoms with Crippen LogP contribution in [-0.2, 0) is 0 Å². The molecule has 0 aliphatic carbocycles. The Hall–Kier alpha value is -3.58. The molecule has 0 unspecified atom stereocenters. The maximum atomic E-state index is 13.9. The van der Waals surface area contributed by atoms with Gasteiger partial charge in [0.15, 0.2) is 0 Å². The molecule has 2 aromatic carbocycles. The van der Waals surface area contributed by atoms with Crippen molar-refractivity contribution in [3.63, 3.8) is 0 Å². The molecular weight excluding hydrogens is 412 g/mol. The van der Waals surface area contributed by atoms with E-state index in [1.54, 1.807) is 18.3 Å². The van der Waals surface area contributed by atoms with E-state index in [9.17, 15) is 13.6 Å². The molecular formula is C22H14ClF2N3O2. The monoisotopic (exact) mass is 425 g/mol. The number of hydrogen-bond acceptors (Lipinski definition) is 4. The van der Waals surface area contributed by atoms with Crippen LogP contribution in [0.3, 0.4) is 0 Å². The lowest BCUT2D eigenvalue weighted by atomic mass is 10.0. The summed E-state index contributed by atoms with van der Waals surface area (Å²) < 4.78 is 33.7. The van der Waals surface area contributed by atoms with E-state index in [0.717, 1.165) is 28.8 Å². The quantitative estimate of drug-likeness (QED) is 0.388. The first-order valence-corrected chi connectivity index (χ1v) is 9.20. The number of oxazole rings is 1. The number of carbonyl (C=O) groups excluding carboxylic acids is 1. The lowest BCUT2D eigenvalue weighted by Gasteiger charge is -2.15. The predicted octanol–water partition coefficient (Wildman–Crippen LogP) is 5.79. The van der Waals surface area contributed by atoms with Crippen LogP contribution in [-0.4, -0.2) is 15.9 Å². The van der Waals surface area contributed by atoms with Crippen molar-refractivity contribution in [2.45, 2.75) is 6.92 Å². The van der Waals surface area contributed by atoms with Crippen LogP contribution in [0.15, 0.2) is 71.6 Å². The molecule has 5 nitrogen and oxygen atoms in total. The predicted molar refractivity (Wildman–Crippen MR) is 109 cm³/mol. The summed E-state index contributed by atoms with van der Waals surface area (Å²) >= 11 is 6.05. The van der Waals surface area contributed by atoms with E-state index in [2.05, 4.69) is 9.97 Å². The van der Waals surface area contributed by atoms with Gasteiger partial charge in [-0.3, -0.25) is 9.78 Å². The van der Waals surface area contributed by atoms with Crippen LogP contribution in [0.4, 0.5) is 14.5 Å². The fourth-order valence-electron chi connectivity index (χ4n) is 2.98. The molecule has 0 aliphatic rings. The van der Waals surface area contributed by atoms with Gasteiger partial charge in [0, 0.05) is 22.9 Å². The zero-order valence-corrected chi connectivity index (χ0v) is 16.4. The summed E-state index contributed by atoms with van der Waals surface area (Å²) in [5.74, 6) is -2.52. The molecule has 0 N–H and O–H groups in total. The standard InChI is InChI=1S/C22H14ClF2N3O2/c1-13-5-6-14(21-26-9-10-30-21)11-16(13)19-8-7-15(12-27-19)28(23)22(29)20-17(24)3-2-4-18(20)25/h2-12H,1H3. The first-order valence-electron chi connectivity index (χ1n) is 8.87. The molecule has 0 radical (unpaired) electrons. The molecule has 4 rings (SSSR count). The largest absolute Gasteiger partial charge is 0.445 e. The van der Waals surface area contributed by atoms with Crippen molar-refractivity contribution in [2.75, 3.05) is 4.42 Å².